The van der Waals surface area contributed by atoms with Crippen LogP contribution in [0.25, 0.3) is 11.5 Å². The molecular weight excluding hydrogens is 458 g/mol. The van der Waals surface area contributed by atoms with Crippen LogP contribution in [0.5, 0.6) is 0 Å². The molecule has 0 aliphatic carbocycles. The lowest BCUT2D eigenvalue weighted by atomic mass is 10.2. The van der Waals surface area contributed by atoms with Gasteiger partial charge in [0.05, 0.1) is 23.5 Å². The third-order valence-corrected chi connectivity index (χ3v) is 4.77. The summed E-state index contributed by atoms with van der Waals surface area (Å²) in [6.07, 6.45) is 3.36. The maximum absolute atomic E-state index is 12.7. The number of carbonyl (C=O) groups is 1. The lowest BCUT2D eigenvalue weighted by molar-refractivity contribution is 0.0942. The number of nitrogens with zero attached hydrogens (tertiary/aromatic N) is 6. The quantitative estimate of drug-likeness (QED) is 0.480. The van der Waals surface area contributed by atoms with Gasteiger partial charge in [-0.1, -0.05) is 28.9 Å². The molecule has 4 aromatic rings. The predicted molar refractivity (Wildman–Crippen MR) is 111 cm³/mol. The van der Waals surface area contributed by atoms with E-state index < -0.39 is 0 Å². The summed E-state index contributed by atoms with van der Waals surface area (Å²) in [6.45, 7) is 2.22. The van der Waals surface area contributed by atoms with Gasteiger partial charge in [-0.3, -0.25) is 4.79 Å². The molecule has 0 bridgehead atoms. The van der Waals surface area contributed by atoms with Crippen molar-refractivity contribution in [3.8, 4) is 11.5 Å². The number of nitrogens with one attached hydrogen (secondary N) is 1. The van der Waals surface area contributed by atoms with Crippen molar-refractivity contribution in [2.24, 2.45) is 0 Å². The van der Waals surface area contributed by atoms with E-state index in [4.69, 9.17) is 11.6 Å². The van der Waals surface area contributed by atoms with Gasteiger partial charge in [-0.25, -0.2) is 14.3 Å². The molecule has 1 aromatic carbocycles. The standard InChI is InChI=1S/C19H15BrClN7O/c1-12-4-2-5-14(8-12)27-11-13(24-26-27)10-23-19(29)16-9-17(20)25-28(16)18-15(21)6-3-7-22-18/h2-9,11H,10H2,1H3,(H,23,29). The number of amides is 1. The van der Waals surface area contributed by atoms with Crippen molar-refractivity contribution in [2.45, 2.75) is 13.5 Å². The number of benzene rings is 1. The Bertz CT molecular complexity index is 1190. The minimum absolute atomic E-state index is 0.212. The van der Waals surface area contributed by atoms with Crippen LogP contribution in [0, 0.1) is 6.92 Å². The highest BCUT2D eigenvalue weighted by Crippen LogP contribution is 2.21. The number of hydrogen-bond donors (Lipinski definition) is 1. The van der Waals surface area contributed by atoms with Gasteiger partial charge in [-0.15, -0.1) is 5.10 Å². The number of aromatic nitrogens is 6. The number of rotatable bonds is 5. The Hall–Kier alpha value is -3.04. The fourth-order valence-corrected chi connectivity index (χ4v) is 3.32. The van der Waals surface area contributed by atoms with E-state index in [1.807, 2.05) is 31.2 Å². The van der Waals surface area contributed by atoms with E-state index in [1.165, 1.54) is 4.68 Å². The Morgan fingerprint density at radius 3 is 2.90 bits per heavy atom. The molecule has 0 saturated heterocycles. The topological polar surface area (TPSA) is 90.5 Å². The van der Waals surface area contributed by atoms with Crippen LogP contribution in [0.15, 0.2) is 59.5 Å². The van der Waals surface area contributed by atoms with Gasteiger partial charge in [0.15, 0.2) is 5.82 Å². The average molecular weight is 473 g/mol. The molecule has 0 unspecified atom stereocenters. The molecule has 0 aliphatic rings. The van der Waals surface area contributed by atoms with Crippen LogP contribution >= 0.6 is 27.5 Å². The van der Waals surface area contributed by atoms with Crippen LogP contribution in [0.4, 0.5) is 0 Å². The minimum atomic E-state index is -0.338. The van der Waals surface area contributed by atoms with Crippen molar-refractivity contribution in [3.05, 3.63) is 81.4 Å². The van der Waals surface area contributed by atoms with Crippen LogP contribution in [0.1, 0.15) is 21.7 Å². The number of hydrogen-bond acceptors (Lipinski definition) is 5. The van der Waals surface area contributed by atoms with Gasteiger partial charge in [0.25, 0.3) is 5.91 Å². The van der Waals surface area contributed by atoms with Crippen LogP contribution in [0.3, 0.4) is 0 Å². The molecule has 8 nitrogen and oxygen atoms in total. The van der Waals surface area contributed by atoms with Gasteiger partial charge in [0.1, 0.15) is 16.0 Å². The predicted octanol–water partition coefficient (Wildman–Crippen LogP) is 3.50. The molecule has 146 valence electrons. The van der Waals surface area contributed by atoms with Crippen LogP contribution < -0.4 is 5.32 Å². The Labute approximate surface area is 179 Å². The number of halogens is 2. The van der Waals surface area contributed by atoms with Crippen LogP contribution in [-0.4, -0.2) is 35.7 Å². The van der Waals surface area contributed by atoms with E-state index in [-0.39, 0.29) is 12.5 Å². The van der Waals surface area contributed by atoms with Gasteiger partial charge in [0, 0.05) is 12.3 Å². The van der Waals surface area contributed by atoms with Gasteiger partial charge < -0.3 is 5.32 Å². The molecule has 0 fully saturated rings. The number of aryl methyl sites for hydroxylation is 1. The molecule has 0 spiro atoms. The maximum Gasteiger partial charge on any atom is 0.270 e. The second-order valence-electron chi connectivity index (χ2n) is 6.25. The molecule has 10 heteroatoms. The molecule has 0 atom stereocenters. The number of carbonyl (C=O) groups excluding carboxylic acids is 1. The fraction of sp³-hybridized carbons (Fsp3) is 0.105. The first-order chi connectivity index (χ1) is 14.0. The van der Waals surface area contributed by atoms with Crippen molar-refractivity contribution < 1.29 is 4.79 Å². The molecule has 0 saturated carbocycles. The summed E-state index contributed by atoms with van der Waals surface area (Å²) in [4.78, 5) is 16.9. The van der Waals surface area contributed by atoms with E-state index in [0.717, 1.165) is 11.3 Å². The summed E-state index contributed by atoms with van der Waals surface area (Å²) in [5, 5.41) is 15.7. The second kappa shape index (κ2) is 8.14. The zero-order valence-corrected chi connectivity index (χ0v) is 17.6. The van der Waals surface area contributed by atoms with Crippen molar-refractivity contribution in [1.82, 2.24) is 35.1 Å². The molecule has 29 heavy (non-hydrogen) atoms. The summed E-state index contributed by atoms with van der Waals surface area (Å²) in [5.74, 6) is 0.0328. The summed E-state index contributed by atoms with van der Waals surface area (Å²) in [7, 11) is 0. The van der Waals surface area contributed by atoms with Crippen LogP contribution in [-0.2, 0) is 6.54 Å². The summed E-state index contributed by atoms with van der Waals surface area (Å²) in [5.41, 5.74) is 2.95. The monoisotopic (exact) mass is 471 g/mol. The normalized spacial score (nSPS) is 10.9. The first-order valence-electron chi connectivity index (χ1n) is 8.64. The van der Waals surface area contributed by atoms with Crippen molar-refractivity contribution >= 4 is 33.4 Å². The maximum atomic E-state index is 12.7. The van der Waals surface area contributed by atoms with Gasteiger partial charge in [-0.2, -0.15) is 5.10 Å². The van der Waals surface area contributed by atoms with E-state index in [2.05, 4.69) is 41.6 Å². The Kier molecular flexibility index (Phi) is 5.41. The van der Waals surface area contributed by atoms with Gasteiger partial charge >= 0.3 is 0 Å². The first-order valence-corrected chi connectivity index (χ1v) is 9.81. The van der Waals surface area contributed by atoms with E-state index in [1.54, 1.807) is 35.3 Å². The fourth-order valence-electron chi connectivity index (χ4n) is 2.75. The zero-order valence-electron chi connectivity index (χ0n) is 15.3. The lowest BCUT2D eigenvalue weighted by Crippen LogP contribution is -2.26. The Morgan fingerprint density at radius 2 is 2.10 bits per heavy atom. The van der Waals surface area contributed by atoms with Crippen molar-refractivity contribution in [2.75, 3.05) is 0 Å². The molecule has 1 N–H and O–H groups in total. The van der Waals surface area contributed by atoms with Gasteiger partial charge in [-0.05, 0) is 52.7 Å². The highest BCUT2D eigenvalue weighted by atomic mass is 79.9. The largest absolute Gasteiger partial charge is 0.345 e. The SMILES string of the molecule is Cc1cccc(-n2cc(CNC(=O)c3cc(Br)nn3-c3ncccc3Cl)nn2)c1. The second-order valence-corrected chi connectivity index (χ2v) is 7.47. The highest BCUT2D eigenvalue weighted by Gasteiger charge is 2.18. The van der Waals surface area contributed by atoms with Gasteiger partial charge in [0.2, 0.25) is 0 Å². The van der Waals surface area contributed by atoms with E-state index >= 15 is 0 Å². The van der Waals surface area contributed by atoms with Crippen molar-refractivity contribution in [3.63, 3.8) is 0 Å². The Morgan fingerprint density at radius 1 is 1.24 bits per heavy atom. The highest BCUT2D eigenvalue weighted by molar-refractivity contribution is 9.10. The van der Waals surface area contributed by atoms with E-state index in [0.29, 0.717) is 26.8 Å². The third kappa shape index (κ3) is 4.20. The molecule has 3 heterocycles. The molecule has 4 rings (SSSR count). The molecule has 0 radical (unpaired) electrons. The average Bonchev–Trinajstić information content (AvgIpc) is 3.33. The smallest absolute Gasteiger partial charge is 0.270 e. The molecule has 3 aromatic heterocycles. The molecule has 1 amide bonds. The lowest BCUT2D eigenvalue weighted by Gasteiger charge is -2.07. The summed E-state index contributed by atoms with van der Waals surface area (Å²) >= 11 is 9.49. The minimum Gasteiger partial charge on any atom is -0.345 e. The van der Waals surface area contributed by atoms with E-state index in [9.17, 15) is 4.79 Å². The summed E-state index contributed by atoms with van der Waals surface area (Å²) < 4.78 is 3.56. The zero-order chi connectivity index (χ0) is 20.4. The Balaban J connectivity index is 1.51. The van der Waals surface area contributed by atoms with Crippen LogP contribution in [0.2, 0.25) is 5.02 Å². The third-order valence-electron chi connectivity index (χ3n) is 4.09. The first kappa shape index (κ1) is 19.3. The van der Waals surface area contributed by atoms with Crippen molar-refractivity contribution in [1.29, 1.82) is 0 Å². The molecular formula is C19H15BrClN7O. The number of pyridine rings is 1. The summed E-state index contributed by atoms with van der Waals surface area (Å²) in [6, 6.07) is 12.9. The molecule has 0 aliphatic heterocycles.